The number of halogens is 1. The first-order valence-corrected chi connectivity index (χ1v) is 10.1. The van der Waals surface area contributed by atoms with Gasteiger partial charge in [0.2, 0.25) is 0 Å². The second-order valence-electron chi connectivity index (χ2n) is 8.57. The fourth-order valence-corrected chi connectivity index (χ4v) is 5.15. The van der Waals surface area contributed by atoms with E-state index in [0.717, 1.165) is 69.1 Å². The molecule has 0 bridgehead atoms. The Hall–Kier alpha value is -0.230. The fourth-order valence-electron chi connectivity index (χ4n) is 5.15. The molecule has 0 unspecified atom stereocenters. The minimum absolute atomic E-state index is 0.164. The maximum Gasteiger partial charge on any atom is 0.100 e. The van der Waals surface area contributed by atoms with Gasteiger partial charge in [-0.1, -0.05) is 0 Å². The van der Waals surface area contributed by atoms with E-state index >= 15 is 0 Å². The van der Waals surface area contributed by atoms with Gasteiger partial charge in [-0.25, -0.2) is 4.39 Å². The Morgan fingerprint density at radius 1 is 0.833 bits per heavy atom. The highest BCUT2D eigenvalue weighted by Crippen LogP contribution is 2.35. The zero-order valence-corrected chi connectivity index (χ0v) is 14.9. The van der Waals surface area contributed by atoms with Crippen LogP contribution in [0.25, 0.3) is 0 Å². The molecule has 0 spiro atoms. The molecule has 0 aromatic heterocycles. The predicted octanol–water partition coefficient (Wildman–Crippen LogP) is 4.36. The molecule has 0 atom stereocenters. The highest BCUT2D eigenvalue weighted by Gasteiger charge is 2.28. The van der Waals surface area contributed by atoms with E-state index in [0.29, 0.717) is 0 Å². The minimum Gasteiger partial charge on any atom is -0.762 e. The van der Waals surface area contributed by atoms with E-state index in [1.165, 1.54) is 38.9 Å². The number of hydrogen-bond acceptors (Lipinski definition) is 4. The second-order valence-corrected chi connectivity index (χ2v) is 8.57. The molecule has 2 aliphatic carbocycles. The molecule has 1 N–H and O–H groups in total. The number of piperidine rings is 1. The van der Waals surface area contributed by atoms with Gasteiger partial charge in [0.05, 0.1) is 0 Å². The van der Waals surface area contributed by atoms with Crippen molar-refractivity contribution in [3.63, 3.8) is 0 Å². The van der Waals surface area contributed by atoms with Crippen LogP contribution in [-0.2, 0) is 0 Å². The summed E-state index contributed by atoms with van der Waals surface area (Å²) < 4.78 is 13.2. The number of nitrogens with zero attached hydrogens (tertiary/aromatic N) is 2. The Kier molecular flexibility index (Phi) is 6.90. The number of hydrogen-bond donors (Lipinski definition) is 1. The van der Waals surface area contributed by atoms with Crippen molar-refractivity contribution in [2.24, 2.45) is 17.8 Å². The van der Waals surface area contributed by atoms with Gasteiger partial charge in [0.1, 0.15) is 6.17 Å². The fraction of sp³-hybridized carbons (Fsp3) is 1.00. The maximum absolute atomic E-state index is 13.2. The minimum atomic E-state index is -0.540. The summed E-state index contributed by atoms with van der Waals surface area (Å²) in [7, 11) is 0. The number of hydroxylamine groups is 2. The molecule has 140 valence electrons. The van der Waals surface area contributed by atoms with Crippen LogP contribution in [-0.4, -0.2) is 47.2 Å². The third-order valence-electron chi connectivity index (χ3n) is 6.80. The SMILES string of the molecule is [O-]N(O)C1CCC(CC2CCN(CC3CCC(F)CC3)CC2)CC1. The smallest absolute Gasteiger partial charge is 0.100 e. The molecular weight excluding hydrogens is 307 g/mol. The number of alkyl halides is 1. The molecule has 0 radical (unpaired) electrons. The van der Waals surface area contributed by atoms with E-state index in [4.69, 9.17) is 5.21 Å². The summed E-state index contributed by atoms with van der Waals surface area (Å²) in [6, 6.07) is -0.164. The van der Waals surface area contributed by atoms with Gasteiger partial charge >= 0.3 is 0 Å². The molecule has 3 fully saturated rings. The topological polar surface area (TPSA) is 49.8 Å². The molecule has 1 aliphatic heterocycles. The molecule has 3 aliphatic rings. The lowest BCUT2D eigenvalue weighted by molar-refractivity contribution is -0.0923. The van der Waals surface area contributed by atoms with Crippen LogP contribution >= 0.6 is 0 Å². The van der Waals surface area contributed by atoms with Crippen molar-refractivity contribution in [1.82, 2.24) is 10.1 Å². The third-order valence-corrected chi connectivity index (χ3v) is 6.80. The van der Waals surface area contributed by atoms with Gasteiger partial charge < -0.3 is 15.3 Å². The van der Waals surface area contributed by atoms with E-state index in [9.17, 15) is 9.60 Å². The van der Waals surface area contributed by atoms with Gasteiger partial charge in [0, 0.05) is 12.6 Å². The maximum atomic E-state index is 13.2. The van der Waals surface area contributed by atoms with Gasteiger partial charge in [0.25, 0.3) is 0 Å². The normalized spacial score (nSPS) is 37.0. The van der Waals surface area contributed by atoms with Crippen molar-refractivity contribution in [3.05, 3.63) is 5.21 Å². The monoisotopic (exact) mass is 341 g/mol. The third kappa shape index (κ3) is 5.38. The Bertz CT molecular complexity index is 358. The van der Waals surface area contributed by atoms with E-state index in [1.54, 1.807) is 0 Å². The second kappa shape index (κ2) is 8.93. The van der Waals surface area contributed by atoms with E-state index in [1.807, 2.05) is 0 Å². The van der Waals surface area contributed by atoms with Crippen LogP contribution in [0.15, 0.2) is 0 Å². The highest BCUT2D eigenvalue weighted by molar-refractivity contribution is 4.82. The number of rotatable bonds is 5. The average molecular weight is 341 g/mol. The lowest BCUT2D eigenvalue weighted by Gasteiger charge is -2.39. The van der Waals surface area contributed by atoms with Gasteiger partial charge in [-0.3, -0.25) is 5.23 Å². The summed E-state index contributed by atoms with van der Waals surface area (Å²) in [5.74, 6) is 2.30. The first-order chi connectivity index (χ1) is 11.6. The molecule has 1 saturated heterocycles. The molecule has 1 heterocycles. The first-order valence-electron chi connectivity index (χ1n) is 10.1. The Labute approximate surface area is 145 Å². The molecule has 24 heavy (non-hydrogen) atoms. The predicted molar refractivity (Wildman–Crippen MR) is 93.4 cm³/mol. The molecule has 3 rings (SSSR count). The van der Waals surface area contributed by atoms with E-state index < -0.39 is 6.17 Å². The molecule has 4 nitrogen and oxygen atoms in total. The molecule has 2 saturated carbocycles. The lowest BCUT2D eigenvalue weighted by Crippen LogP contribution is -2.39. The zero-order chi connectivity index (χ0) is 16.9. The Balaban J connectivity index is 1.31. The van der Waals surface area contributed by atoms with Gasteiger partial charge in [-0.05, 0) is 101 Å². The van der Waals surface area contributed by atoms with Crippen LogP contribution in [0.1, 0.15) is 70.6 Å². The van der Waals surface area contributed by atoms with E-state index in [-0.39, 0.29) is 11.3 Å². The quantitative estimate of drug-likeness (QED) is 0.755. The van der Waals surface area contributed by atoms with Gasteiger partial charge in [0.15, 0.2) is 0 Å². The van der Waals surface area contributed by atoms with Crippen LogP contribution in [0.5, 0.6) is 0 Å². The van der Waals surface area contributed by atoms with Crippen molar-refractivity contribution in [1.29, 1.82) is 0 Å². The van der Waals surface area contributed by atoms with Gasteiger partial charge in [-0.15, -0.1) is 0 Å². The molecule has 0 amide bonds. The summed E-state index contributed by atoms with van der Waals surface area (Å²) in [6.45, 7) is 3.60. The van der Waals surface area contributed by atoms with Crippen LogP contribution < -0.4 is 0 Å². The van der Waals surface area contributed by atoms with Crippen LogP contribution in [0.2, 0.25) is 0 Å². The van der Waals surface area contributed by atoms with Crippen molar-refractivity contribution in [3.8, 4) is 0 Å². The zero-order valence-electron chi connectivity index (χ0n) is 14.9. The van der Waals surface area contributed by atoms with Crippen LogP contribution in [0.4, 0.5) is 4.39 Å². The summed E-state index contributed by atoms with van der Waals surface area (Å²) in [6.07, 6.45) is 10.9. The number of likely N-dealkylation sites (tertiary alicyclic amines) is 1. The standard InChI is InChI=1S/C19H34FN2O2/c20-18-5-1-17(2-6-18)14-21-11-9-16(10-12-21)13-15-3-7-19(8-4-15)22(23)24/h15-19,23H,1-14H2/q-1. The van der Waals surface area contributed by atoms with Crippen LogP contribution in [0, 0.1) is 23.0 Å². The Morgan fingerprint density at radius 2 is 1.38 bits per heavy atom. The highest BCUT2D eigenvalue weighted by atomic mass is 19.1. The summed E-state index contributed by atoms with van der Waals surface area (Å²) in [5, 5.41) is 20.1. The summed E-state index contributed by atoms with van der Waals surface area (Å²) in [4.78, 5) is 2.61. The molecule has 5 heteroatoms. The van der Waals surface area contributed by atoms with E-state index in [2.05, 4.69) is 4.90 Å². The van der Waals surface area contributed by atoms with Crippen LogP contribution in [0.3, 0.4) is 0 Å². The average Bonchev–Trinajstić information content (AvgIpc) is 2.59. The first kappa shape index (κ1) is 18.6. The molecule has 0 aromatic rings. The summed E-state index contributed by atoms with van der Waals surface area (Å²) >= 11 is 0. The van der Waals surface area contributed by atoms with Crippen molar-refractivity contribution < 1.29 is 9.60 Å². The van der Waals surface area contributed by atoms with Crippen molar-refractivity contribution >= 4 is 0 Å². The molecular formula is C19H34FN2O2-. The molecule has 0 aromatic carbocycles. The lowest BCUT2D eigenvalue weighted by atomic mass is 9.78. The Morgan fingerprint density at radius 3 is 1.96 bits per heavy atom. The van der Waals surface area contributed by atoms with Crippen molar-refractivity contribution in [2.45, 2.75) is 82.8 Å². The van der Waals surface area contributed by atoms with Gasteiger partial charge in [-0.2, -0.15) is 0 Å². The summed E-state index contributed by atoms with van der Waals surface area (Å²) in [5.41, 5.74) is 0. The van der Waals surface area contributed by atoms with Crippen molar-refractivity contribution in [2.75, 3.05) is 19.6 Å². The largest absolute Gasteiger partial charge is 0.762 e.